The Morgan fingerprint density at radius 2 is 0.852 bits per heavy atom. The summed E-state index contributed by atoms with van der Waals surface area (Å²) in [6, 6.07) is 68.9. The van der Waals surface area contributed by atoms with Crippen LogP contribution in [0.4, 0.5) is 17.1 Å². The number of para-hydroxylation sites is 3. The molecule has 54 heavy (non-hydrogen) atoms. The van der Waals surface area contributed by atoms with Gasteiger partial charge in [0.2, 0.25) is 0 Å². The summed E-state index contributed by atoms with van der Waals surface area (Å²) in [6.45, 7) is 6.88. The van der Waals surface area contributed by atoms with Gasteiger partial charge in [-0.15, -0.1) is 0 Å². The van der Waals surface area contributed by atoms with E-state index in [1.165, 1.54) is 77.6 Å². The standard InChI is InChI=1S/C52H40N2/c1-35-17-19-36(20-18-35)37-21-23-38(24-22-37)39-25-27-41(28-26-39)53(40-11-5-4-6-12-40)42-29-31-44-45-32-30-43(34-49(45)52(2,3)48(44)33-42)54-50-15-9-7-13-46(50)47-14-8-10-16-51(47)54/h4-34H,1-3H3. The lowest BCUT2D eigenvalue weighted by molar-refractivity contribution is 0.660. The molecule has 0 saturated carbocycles. The van der Waals surface area contributed by atoms with Crippen LogP contribution in [-0.4, -0.2) is 4.57 Å². The number of hydrogen-bond acceptors (Lipinski definition) is 1. The fraction of sp³-hybridized carbons (Fsp3) is 0.0769. The van der Waals surface area contributed by atoms with Crippen molar-refractivity contribution in [2.45, 2.75) is 26.2 Å². The molecule has 0 bridgehead atoms. The molecule has 2 heteroatoms. The molecule has 1 aliphatic carbocycles. The quantitative estimate of drug-likeness (QED) is 0.168. The molecule has 0 unspecified atom stereocenters. The molecule has 0 amide bonds. The zero-order chi connectivity index (χ0) is 36.4. The SMILES string of the molecule is Cc1ccc(-c2ccc(-c3ccc(N(c4ccccc4)c4ccc5c(c4)C(C)(C)c4cc(-n6c7ccccc7c7ccccc76)ccc4-5)cc3)cc2)cc1. The van der Waals surface area contributed by atoms with E-state index in [2.05, 4.69) is 218 Å². The smallest absolute Gasteiger partial charge is 0.0541 e. The molecule has 2 nitrogen and oxygen atoms in total. The van der Waals surface area contributed by atoms with Crippen LogP contribution in [0.3, 0.4) is 0 Å². The first kappa shape index (κ1) is 32.0. The van der Waals surface area contributed by atoms with E-state index in [0.29, 0.717) is 0 Å². The highest BCUT2D eigenvalue weighted by molar-refractivity contribution is 6.09. The maximum atomic E-state index is 2.43. The highest BCUT2D eigenvalue weighted by atomic mass is 15.1. The predicted molar refractivity (Wildman–Crippen MR) is 229 cm³/mol. The first-order chi connectivity index (χ1) is 26.4. The van der Waals surface area contributed by atoms with Gasteiger partial charge < -0.3 is 9.47 Å². The van der Waals surface area contributed by atoms with Gasteiger partial charge in [0.15, 0.2) is 0 Å². The maximum Gasteiger partial charge on any atom is 0.0541 e. The van der Waals surface area contributed by atoms with Gasteiger partial charge >= 0.3 is 0 Å². The molecule has 258 valence electrons. The van der Waals surface area contributed by atoms with Crippen molar-refractivity contribution in [3.05, 3.63) is 205 Å². The number of aromatic nitrogens is 1. The van der Waals surface area contributed by atoms with Gasteiger partial charge in [-0.05, 0) is 112 Å². The van der Waals surface area contributed by atoms with Gasteiger partial charge in [0.1, 0.15) is 0 Å². The van der Waals surface area contributed by atoms with E-state index in [9.17, 15) is 0 Å². The molecule has 0 N–H and O–H groups in total. The van der Waals surface area contributed by atoms with Crippen LogP contribution in [0.5, 0.6) is 0 Å². The second kappa shape index (κ2) is 12.5. The molecule has 0 radical (unpaired) electrons. The fourth-order valence-corrected chi connectivity index (χ4v) is 8.62. The van der Waals surface area contributed by atoms with Crippen LogP contribution in [-0.2, 0) is 5.41 Å². The van der Waals surface area contributed by atoms with E-state index in [1.807, 2.05) is 0 Å². The molecule has 0 atom stereocenters. The number of anilines is 3. The largest absolute Gasteiger partial charge is 0.310 e. The average molecular weight is 693 g/mol. The second-order valence-corrected chi connectivity index (χ2v) is 15.1. The monoisotopic (exact) mass is 692 g/mol. The van der Waals surface area contributed by atoms with Gasteiger partial charge in [0.25, 0.3) is 0 Å². The van der Waals surface area contributed by atoms with Crippen molar-refractivity contribution < 1.29 is 0 Å². The van der Waals surface area contributed by atoms with Crippen LogP contribution in [0.2, 0.25) is 0 Å². The molecule has 9 aromatic rings. The van der Waals surface area contributed by atoms with Gasteiger partial charge in [-0.3, -0.25) is 0 Å². The van der Waals surface area contributed by atoms with E-state index in [-0.39, 0.29) is 5.41 Å². The summed E-state index contributed by atoms with van der Waals surface area (Å²) >= 11 is 0. The summed E-state index contributed by atoms with van der Waals surface area (Å²) in [4.78, 5) is 2.38. The minimum atomic E-state index is -0.188. The van der Waals surface area contributed by atoms with Gasteiger partial charge in [-0.25, -0.2) is 0 Å². The Hall–Kier alpha value is -6.64. The molecule has 1 aliphatic rings. The van der Waals surface area contributed by atoms with Crippen LogP contribution in [0, 0.1) is 6.92 Å². The van der Waals surface area contributed by atoms with Crippen LogP contribution in [0.15, 0.2) is 188 Å². The topological polar surface area (TPSA) is 8.17 Å². The molecule has 10 rings (SSSR count). The number of aryl methyl sites for hydroxylation is 1. The van der Waals surface area contributed by atoms with Crippen molar-refractivity contribution in [2.24, 2.45) is 0 Å². The molecular weight excluding hydrogens is 653 g/mol. The zero-order valence-corrected chi connectivity index (χ0v) is 30.8. The Bertz CT molecular complexity index is 2770. The van der Waals surface area contributed by atoms with E-state index in [4.69, 9.17) is 0 Å². The summed E-state index contributed by atoms with van der Waals surface area (Å²) in [5.41, 5.74) is 18.4. The third-order valence-corrected chi connectivity index (χ3v) is 11.5. The van der Waals surface area contributed by atoms with Crippen molar-refractivity contribution in [1.29, 1.82) is 0 Å². The highest BCUT2D eigenvalue weighted by Gasteiger charge is 2.36. The fourth-order valence-electron chi connectivity index (χ4n) is 8.62. The molecule has 0 aliphatic heterocycles. The maximum absolute atomic E-state index is 2.43. The summed E-state index contributed by atoms with van der Waals surface area (Å²) in [7, 11) is 0. The first-order valence-electron chi connectivity index (χ1n) is 18.8. The molecule has 0 saturated heterocycles. The van der Waals surface area contributed by atoms with E-state index >= 15 is 0 Å². The van der Waals surface area contributed by atoms with Crippen LogP contribution < -0.4 is 4.90 Å². The lowest BCUT2D eigenvalue weighted by Gasteiger charge is -2.28. The summed E-state index contributed by atoms with van der Waals surface area (Å²) in [6.07, 6.45) is 0. The third-order valence-electron chi connectivity index (χ3n) is 11.5. The summed E-state index contributed by atoms with van der Waals surface area (Å²) in [5.74, 6) is 0. The van der Waals surface area contributed by atoms with Gasteiger partial charge in [0, 0.05) is 38.9 Å². The highest BCUT2D eigenvalue weighted by Crippen LogP contribution is 2.51. The van der Waals surface area contributed by atoms with Crippen molar-refractivity contribution in [3.63, 3.8) is 0 Å². The van der Waals surface area contributed by atoms with E-state index in [0.717, 1.165) is 17.1 Å². The Kier molecular flexibility index (Phi) is 7.42. The van der Waals surface area contributed by atoms with Gasteiger partial charge in [-0.2, -0.15) is 0 Å². The Morgan fingerprint density at radius 1 is 0.407 bits per heavy atom. The lowest BCUT2D eigenvalue weighted by Crippen LogP contribution is -2.17. The van der Waals surface area contributed by atoms with Crippen LogP contribution >= 0.6 is 0 Å². The number of fused-ring (bicyclic) bond motifs is 6. The molecular formula is C52H40N2. The minimum absolute atomic E-state index is 0.188. The van der Waals surface area contributed by atoms with Crippen LogP contribution in [0.1, 0.15) is 30.5 Å². The molecule has 1 aromatic heterocycles. The Balaban J connectivity index is 1.01. The van der Waals surface area contributed by atoms with Crippen molar-refractivity contribution in [2.75, 3.05) is 4.90 Å². The third kappa shape index (κ3) is 5.17. The van der Waals surface area contributed by atoms with Crippen molar-refractivity contribution in [1.82, 2.24) is 4.57 Å². The Labute approximate surface area is 317 Å². The molecule has 8 aromatic carbocycles. The lowest BCUT2D eigenvalue weighted by atomic mass is 9.82. The number of rotatable bonds is 6. The molecule has 0 fully saturated rings. The molecule has 0 spiro atoms. The van der Waals surface area contributed by atoms with Crippen molar-refractivity contribution in [3.8, 4) is 39.1 Å². The van der Waals surface area contributed by atoms with Crippen molar-refractivity contribution >= 4 is 38.9 Å². The minimum Gasteiger partial charge on any atom is -0.310 e. The first-order valence-corrected chi connectivity index (χ1v) is 18.8. The van der Waals surface area contributed by atoms with Gasteiger partial charge in [0.05, 0.1) is 11.0 Å². The number of nitrogens with zero attached hydrogens (tertiary/aromatic N) is 2. The number of benzene rings is 8. The van der Waals surface area contributed by atoms with E-state index < -0.39 is 0 Å². The van der Waals surface area contributed by atoms with Crippen LogP contribution in [0.25, 0.3) is 60.9 Å². The normalized spacial score (nSPS) is 12.9. The second-order valence-electron chi connectivity index (χ2n) is 15.1. The number of hydrogen-bond donors (Lipinski definition) is 0. The summed E-state index contributed by atoms with van der Waals surface area (Å²) in [5, 5.41) is 2.57. The van der Waals surface area contributed by atoms with E-state index in [1.54, 1.807) is 0 Å². The average Bonchev–Trinajstić information content (AvgIpc) is 3.67. The zero-order valence-electron chi connectivity index (χ0n) is 30.8. The predicted octanol–water partition coefficient (Wildman–Crippen LogP) is 14.2. The van der Waals surface area contributed by atoms with Gasteiger partial charge in [-0.1, -0.05) is 147 Å². The summed E-state index contributed by atoms with van der Waals surface area (Å²) < 4.78 is 2.43. The Morgan fingerprint density at radius 3 is 1.44 bits per heavy atom. The molecule has 1 heterocycles.